The number of nitrogens with one attached hydrogen (secondary N) is 1. The van der Waals surface area contributed by atoms with Gasteiger partial charge in [-0.25, -0.2) is 0 Å². The van der Waals surface area contributed by atoms with Gasteiger partial charge in [-0.05, 0) is 36.2 Å². The van der Waals surface area contributed by atoms with E-state index in [0.29, 0.717) is 27.3 Å². The molecule has 3 aromatic carbocycles. The van der Waals surface area contributed by atoms with Crippen molar-refractivity contribution in [3.05, 3.63) is 110 Å². The molecular weight excluding hydrogens is 465 g/mol. The molecule has 160 valence electrons. The van der Waals surface area contributed by atoms with Crippen molar-refractivity contribution in [2.24, 2.45) is 0 Å². The number of halogens is 3. The van der Waals surface area contributed by atoms with Crippen LogP contribution in [0.4, 0.5) is 0 Å². The van der Waals surface area contributed by atoms with Gasteiger partial charge in [0.1, 0.15) is 5.69 Å². The highest BCUT2D eigenvalue weighted by Crippen LogP contribution is 2.44. The number of aryl methyl sites for hydroxylation is 1. The summed E-state index contributed by atoms with van der Waals surface area (Å²) in [6.45, 7) is 2.38. The second-order valence-electron chi connectivity index (χ2n) is 7.83. The Labute approximate surface area is 200 Å². The molecule has 0 bridgehead atoms. The predicted octanol–water partition coefficient (Wildman–Crippen LogP) is 7.09. The summed E-state index contributed by atoms with van der Waals surface area (Å²) in [5, 5.41) is 8.98. The summed E-state index contributed by atoms with van der Waals surface area (Å²) in [6, 6.07) is 20.7. The molecule has 1 unspecified atom stereocenters. The molecular formula is C25H18Cl3N3O. The first-order chi connectivity index (χ1) is 15.4. The van der Waals surface area contributed by atoms with Gasteiger partial charge in [0.05, 0.1) is 21.8 Å². The number of amides is 1. The van der Waals surface area contributed by atoms with E-state index in [4.69, 9.17) is 34.8 Å². The Bertz CT molecular complexity index is 1330. The van der Waals surface area contributed by atoms with Crippen LogP contribution in [0.25, 0.3) is 11.3 Å². The highest BCUT2D eigenvalue weighted by molar-refractivity contribution is 6.42. The molecule has 1 amide bonds. The van der Waals surface area contributed by atoms with Crippen molar-refractivity contribution in [2.45, 2.75) is 19.5 Å². The zero-order chi connectivity index (χ0) is 22.4. The van der Waals surface area contributed by atoms with Crippen LogP contribution in [-0.4, -0.2) is 21.0 Å². The van der Waals surface area contributed by atoms with Gasteiger partial charge in [0.2, 0.25) is 0 Å². The second kappa shape index (κ2) is 8.28. The molecule has 5 rings (SSSR count). The molecule has 1 atom stereocenters. The highest BCUT2D eigenvalue weighted by Gasteiger charge is 2.42. The number of rotatable bonds is 4. The minimum atomic E-state index is -0.390. The fourth-order valence-electron chi connectivity index (χ4n) is 4.13. The Morgan fingerprint density at radius 2 is 1.69 bits per heavy atom. The average molecular weight is 483 g/mol. The third kappa shape index (κ3) is 3.58. The number of carbonyl (C=O) groups is 1. The summed E-state index contributed by atoms with van der Waals surface area (Å²) in [5.74, 6) is -0.137. The number of hydrogen-bond acceptors (Lipinski definition) is 2. The molecule has 1 aliphatic rings. The first-order valence-corrected chi connectivity index (χ1v) is 11.2. The quantitative estimate of drug-likeness (QED) is 0.337. The molecule has 0 aliphatic carbocycles. The molecule has 0 saturated carbocycles. The summed E-state index contributed by atoms with van der Waals surface area (Å²) in [4.78, 5) is 15.3. The normalized spacial score (nSPS) is 15.3. The fraction of sp³-hybridized carbons (Fsp3) is 0.120. The van der Waals surface area contributed by atoms with Crippen LogP contribution in [0.1, 0.15) is 38.8 Å². The molecule has 1 aromatic heterocycles. The standard InChI is InChI=1S/C25H18Cl3N3O/c1-14-6-8-15(9-7-14)22-21-23(30-29-22)25(32)31(13-17-4-2-3-5-18(17)26)24(21)16-10-11-19(27)20(28)12-16/h2-12,24H,13H2,1H3,(H,29,30). The van der Waals surface area contributed by atoms with Gasteiger partial charge in [-0.2, -0.15) is 5.10 Å². The molecule has 0 radical (unpaired) electrons. The van der Waals surface area contributed by atoms with Crippen LogP contribution in [0.5, 0.6) is 0 Å². The van der Waals surface area contributed by atoms with Crippen LogP contribution in [0.2, 0.25) is 15.1 Å². The van der Waals surface area contributed by atoms with Crippen LogP contribution in [0.3, 0.4) is 0 Å². The molecule has 4 nitrogen and oxygen atoms in total. The van der Waals surface area contributed by atoms with E-state index in [-0.39, 0.29) is 5.91 Å². The third-order valence-corrected chi connectivity index (χ3v) is 6.85. The second-order valence-corrected chi connectivity index (χ2v) is 9.05. The maximum atomic E-state index is 13.5. The summed E-state index contributed by atoms with van der Waals surface area (Å²) >= 11 is 19.0. The zero-order valence-corrected chi connectivity index (χ0v) is 19.3. The Morgan fingerprint density at radius 3 is 2.41 bits per heavy atom. The summed E-state index contributed by atoms with van der Waals surface area (Å²) < 4.78 is 0. The van der Waals surface area contributed by atoms with Gasteiger partial charge < -0.3 is 4.90 Å². The highest BCUT2D eigenvalue weighted by atomic mass is 35.5. The van der Waals surface area contributed by atoms with Gasteiger partial charge in [-0.3, -0.25) is 9.89 Å². The van der Waals surface area contributed by atoms with Crippen LogP contribution in [-0.2, 0) is 6.54 Å². The number of carbonyl (C=O) groups excluding carboxylic acids is 1. The van der Waals surface area contributed by atoms with Gasteiger partial charge >= 0.3 is 0 Å². The minimum Gasteiger partial charge on any atom is -0.322 e. The lowest BCUT2D eigenvalue weighted by Gasteiger charge is -2.27. The van der Waals surface area contributed by atoms with E-state index in [1.54, 1.807) is 11.0 Å². The molecule has 0 fully saturated rings. The SMILES string of the molecule is Cc1ccc(-c2n[nH]c3c2C(c2ccc(Cl)c(Cl)c2)N(Cc2ccccc2Cl)C3=O)cc1. The lowest BCUT2D eigenvalue weighted by molar-refractivity contribution is 0.0730. The van der Waals surface area contributed by atoms with Crippen molar-refractivity contribution in [3.8, 4) is 11.3 Å². The Hall–Kier alpha value is -2.79. The van der Waals surface area contributed by atoms with Crippen molar-refractivity contribution in [1.29, 1.82) is 0 Å². The van der Waals surface area contributed by atoms with Crippen molar-refractivity contribution < 1.29 is 4.79 Å². The van der Waals surface area contributed by atoms with Gasteiger partial charge in [-0.1, -0.05) is 88.9 Å². The van der Waals surface area contributed by atoms with E-state index in [0.717, 1.165) is 33.5 Å². The van der Waals surface area contributed by atoms with E-state index in [2.05, 4.69) is 10.2 Å². The molecule has 4 aromatic rings. The smallest absolute Gasteiger partial charge is 0.273 e. The fourth-order valence-corrected chi connectivity index (χ4v) is 4.63. The minimum absolute atomic E-state index is 0.137. The van der Waals surface area contributed by atoms with Crippen LogP contribution >= 0.6 is 34.8 Å². The molecule has 32 heavy (non-hydrogen) atoms. The number of fused-ring (bicyclic) bond motifs is 1. The third-order valence-electron chi connectivity index (χ3n) is 5.75. The Kier molecular flexibility index (Phi) is 5.46. The van der Waals surface area contributed by atoms with Crippen molar-refractivity contribution in [3.63, 3.8) is 0 Å². The van der Waals surface area contributed by atoms with E-state index in [9.17, 15) is 4.79 Å². The molecule has 0 saturated heterocycles. The number of nitrogens with zero attached hydrogens (tertiary/aromatic N) is 2. The maximum Gasteiger partial charge on any atom is 0.273 e. The van der Waals surface area contributed by atoms with Crippen LogP contribution < -0.4 is 0 Å². The van der Waals surface area contributed by atoms with Gasteiger partial charge in [-0.15, -0.1) is 0 Å². The van der Waals surface area contributed by atoms with E-state index in [1.807, 2.05) is 67.6 Å². The van der Waals surface area contributed by atoms with E-state index in [1.165, 1.54) is 0 Å². The number of hydrogen-bond donors (Lipinski definition) is 1. The number of H-pyrrole nitrogens is 1. The van der Waals surface area contributed by atoms with Crippen LogP contribution in [0.15, 0.2) is 66.7 Å². The summed E-state index contributed by atoms with van der Waals surface area (Å²) in [6.07, 6.45) is 0. The molecule has 0 spiro atoms. The predicted molar refractivity (Wildman–Crippen MR) is 128 cm³/mol. The lowest BCUT2D eigenvalue weighted by Crippen LogP contribution is -2.29. The monoisotopic (exact) mass is 481 g/mol. The van der Waals surface area contributed by atoms with Crippen LogP contribution in [0, 0.1) is 6.92 Å². The Morgan fingerprint density at radius 1 is 0.938 bits per heavy atom. The largest absolute Gasteiger partial charge is 0.322 e. The molecule has 7 heteroatoms. The lowest BCUT2D eigenvalue weighted by atomic mass is 9.95. The van der Waals surface area contributed by atoms with Crippen molar-refractivity contribution >= 4 is 40.7 Å². The number of aromatic amines is 1. The zero-order valence-electron chi connectivity index (χ0n) is 17.1. The number of aromatic nitrogens is 2. The molecule has 1 N–H and O–H groups in total. The van der Waals surface area contributed by atoms with Crippen molar-refractivity contribution in [2.75, 3.05) is 0 Å². The molecule has 2 heterocycles. The van der Waals surface area contributed by atoms with E-state index >= 15 is 0 Å². The summed E-state index contributed by atoms with van der Waals surface area (Å²) in [7, 11) is 0. The first kappa shape index (κ1) is 21.1. The van der Waals surface area contributed by atoms with E-state index < -0.39 is 6.04 Å². The first-order valence-electron chi connectivity index (χ1n) is 10.1. The topological polar surface area (TPSA) is 49.0 Å². The van der Waals surface area contributed by atoms with Gasteiger partial charge in [0, 0.05) is 22.7 Å². The van der Waals surface area contributed by atoms with Gasteiger partial charge in [0.15, 0.2) is 0 Å². The van der Waals surface area contributed by atoms with Gasteiger partial charge in [0.25, 0.3) is 5.91 Å². The maximum absolute atomic E-state index is 13.5. The average Bonchev–Trinajstić information content (AvgIpc) is 3.32. The summed E-state index contributed by atoms with van der Waals surface area (Å²) in [5.41, 5.74) is 5.85. The van der Waals surface area contributed by atoms with Crippen molar-refractivity contribution in [1.82, 2.24) is 15.1 Å². The molecule has 1 aliphatic heterocycles. The number of benzene rings is 3. The Balaban J connectivity index is 1.67.